The van der Waals surface area contributed by atoms with Crippen LogP contribution in [0.25, 0.3) is 0 Å². The lowest BCUT2D eigenvalue weighted by Gasteiger charge is -2.37. The minimum Gasteiger partial charge on any atom is -0.378 e. The molecule has 19 heavy (non-hydrogen) atoms. The Morgan fingerprint density at radius 3 is 3.05 bits per heavy atom. The molecule has 0 spiro atoms. The van der Waals surface area contributed by atoms with Crippen molar-refractivity contribution in [3.8, 4) is 0 Å². The van der Waals surface area contributed by atoms with Crippen molar-refractivity contribution >= 4 is 11.9 Å². The number of imidazole rings is 1. The average molecular weight is 260 g/mol. The van der Waals surface area contributed by atoms with Crippen LogP contribution in [0.5, 0.6) is 0 Å². The predicted molar refractivity (Wildman–Crippen MR) is 74.3 cm³/mol. The first-order valence-corrected chi connectivity index (χ1v) is 7.02. The second-order valence-corrected chi connectivity index (χ2v) is 5.27. The fraction of sp³-hybridized carbons (Fsp3) is 0.571. The highest BCUT2D eigenvalue weighted by Gasteiger charge is 2.42. The van der Waals surface area contributed by atoms with E-state index in [1.54, 1.807) is 10.8 Å². The van der Waals surface area contributed by atoms with Crippen LogP contribution in [-0.4, -0.2) is 34.1 Å². The Labute approximate surface area is 113 Å². The predicted octanol–water partition coefficient (Wildman–Crippen LogP) is 1.70. The Hall–Kier alpha value is -1.78. The number of nitrogens with one attached hydrogen (secondary N) is 1. The number of fused-ring (bicyclic) bond motifs is 2. The van der Waals surface area contributed by atoms with Crippen molar-refractivity contribution in [3.63, 3.8) is 0 Å². The number of rotatable bonds is 4. The summed E-state index contributed by atoms with van der Waals surface area (Å²) >= 11 is 0. The molecule has 3 heterocycles. The lowest BCUT2D eigenvalue weighted by molar-refractivity contribution is 0.0847. The van der Waals surface area contributed by atoms with Crippen molar-refractivity contribution < 1.29 is 4.79 Å². The SMILES string of the molecule is CCCCCN1c2ncc(C)n2C(=O)C2NC=CC21. The van der Waals surface area contributed by atoms with Crippen molar-refractivity contribution in [2.45, 2.75) is 45.2 Å². The second-order valence-electron chi connectivity index (χ2n) is 5.27. The van der Waals surface area contributed by atoms with E-state index in [0.29, 0.717) is 0 Å². The maximum Gasteiger partial charge on any atom is 0.258 e. The summed E-state index contributed by atoms with van der Waals surface area (Å²) in [6, 6.07) is -0.0549. The third-order valence-electron chi connectivity index (χ3n) is 3.94. The molecular formula is C14H20N4O. The van der Waals surface area contributed by atoms with Gasteiger partial charge in [0, 0.05) is 12.2 Å². The van der Waals surface area contributed by atoms with Gasteiger partial charge in [0.1, 0.15) is 6.04 Å². The molecule has 0 radical (unpaired) electrons. The number of carbonyl (C=O) groups is 1. The van der Waals surface area contributed by atoms with Gasteiger partial charge in [0.15, 0.2) is 0 Å². The van der Waals surface area contributed by atoms with Crippen LogP contribution >= 0.6 is 0 Å². The first kappa shape index (κ1) is 12.3. The van der Waals surface area contributed by atoms with Gasteiger partial charge in [-0.1, -0.05) is 19.8 Å². The van der Waals surface area contributed by atoms with Gasteiger partial charge in [0.2, 0.25) is 5.95 Å². The Kier molecular flexibility index (Phi) is 3.05. The van der Waals surface area contributed by atoms with E-state index in [1.807, 2.05) is 13.1 Å². The zero-order valence-electron chi connectivity index (χ0n) is 11.5. The number of unbranched alkanes of at least 4 members (excludes halogenated alkanes) is 2. The van der Waals surface area contributed by atoms with Crippen LogP contribution in [-0.2, 0) is 0 Å². The normalized spacial score (nSPS) is 24.3. The summed E-state index contributed by atoms with van der Waals surface area (Å²) in [7, 11) is 0. The number of aromatic nitrogens is 2. The zero-order valence-corrected chi connectivity index (χ0v) is 11.5. The molecule has 3 rings (SSSR count). The molecule has 0 aromatic carbocycles. The molecule has 0 fully saturated rings. The molecule has 2 unspecified atom stereocenters. The Morgan fingerprint density at radius 1 is 1.42 bits per heavy atom. The number of hydrogen-bond acceptors (Lipinski definition) is 4. The van der Waals surface area contributed by atoms with Crippen molar-refractivity contribution in [2.24, 2.45) is 0 Å². The van der Waals surface area contributed by atoms with Crippen LogP contribution in [0.4, 0.5) is 5.95 Å². The zero-order chi connectivity index (χ0) is 13.4. The molecular weight excluding hydrogens is 240 g/mol. The minimum absolute atomic E-state index is 0.103. The molecule has 1 aromatic heterocycles. The molecule has 0 amide bonds. The second kappa shape index (κ2) is 4.72. The molecule has 1 aromatic rings. The smallest absolute Gasteiger partial charge is 0.258 e. The summed E-state index contributed by atoms with van der Waals surface area (Å²) < 4.78 is 1.74. The Bertz CT molecular complexity index is 520. The van der Waals surface area contributed by atoms with Crippen LogP contribution in [0.3, 0.4) is 0 Å². The molecule has 102 valence electrons. The van der Waals surface area contributed by atoms with E-state index in [1.165, 1.54) is 12.8 Å². The largest absolute Gasteiger partial charge is 0.378 e. The van der Waals surface area contributed by atoms with E-state index in [4.69, 9.17) is 0 Å². The lowest BCUT2D eigenvalue weighted by atomic mass is 10.1. The summed E-state index contributed by atoms with van der Waals surface area (Å²) in [6.07, 6.45) is 9.28. The highest BCUT2D eigenvalue weighted by Crippen LogP contribution is 2.28. The summed E-state index contributed by atoms with van der Waals surface area (Å²) in [5.74, 6) is 0.903. The van der Waals surface area contributed by atoms with Gasteiger partial charge in [-0.05, 0) is 25.6 Å². The summed E-state index contributed by atoms with van der Waals surface area (Å²) in [4.78, 5) is 19.1. The van der Waals surface area contributed by atoms with Crippen molar-refractivity contribution in [3.05, 3.63) is 24.2 Å². The average Bonchev–Trinajstić information content (AvgIpc) is 3.01. The maximum absolute atomic E-state index is 12.4. The van der Waals surface area contributed by atoms with E-state index >= 15 is 0 Å². The van der Waals surface area contributed by atoms with Gasteiger partial charge in [0.05, 0.1) is 12.2 Å². The number of carbonyl (C=O) groups excluding carboxylic acids is 1. The van der Waals surface area contributed by atoms with Crippen LogP contribution in [0, 0.1) is 6.92 Å². The molecule has 2 aliphatic heterocycles. The molecule has 2 aliphatic rings. The van der Waals surface area contributed by atoms with Gasteiger partial charge in [-0.25, -0.2) is 4.98 Å². The maximum atomic E-state index is 12.4. The molecule has 0 saturated heterocycles. The van der Waals surface area contributed by atoms with E-state index < -0.39 is 0 Å². The molecule has 2 atom stereocenters. The van der Waals surface area contributed by atoms with E-state index in [2.05, 4.69) is 28.2 Å². The topological polar surface area (TPSA) is 50.2 Å². The minimum atomic E-state index is -0.165. The van der Waals surface area contributed by atoms with Gasteiger partial charge < -0.3 is 10.2 Å². The van der Waals surface area contributed by atoms with Crippen molar-refractivity contribution in [1.29, 1.82) is 0 Å². The Morgan fingerprint density at radius 2 is 2.26 bits per heavy atom. The highest BCUT2D eigenvalue weighted by molar-refractivity contribution is 5.92. The number of anilines is 1. The Balaban J connectivity index is 1.93. The summed E-state index contributed by atoms with van der Waals surface area (Å²) in [6.45, 7) is 5.08. The number of hydrogen-bond donors (Lipinski definition) is 1. The van der Waals surface area contributed by atoms with Gasteiger partial charge in [-0.2, -0.15) is 0 Å². The molecule has 5 nitrogen and oxygen atoms in total. The molecule has 0 saturated carbocycles. The molecule has 0 aliphatic carbocycles. The quantitative estimate of drug-likeness (QED) is 0.837. The first-order valence-electron chi connectivity index (χ1n) is 7.02. The van der Waals surface area contributed by atoms with Gasteiger partial charge in [-0.15, -0.1) is 0 Å². The number of nitrogens with zero attached hydrogens (tertiary/aromatic N) is 3. The third-order valence-corrected chi connectivity index (χ3v) is 3.94. The van der Waals surface area contributed by atoms with E-state index in [-0.39, 0.29) is 18.0 Å². The third kappa shape index (κ3) is 1.84. The highest BCUT2D eigenvalue weighted by atomic mass is 16.2. The van der Waals surface area contributed by atoms with Gasteiger partial charge >= 0.3 is 0 Å². The fourth-order valence-electron chi connectivity index (χ4n) is 2.92. The van der Waals surface area contributed by atoms with Crippen LogP contribution in [0.15, 0.2) is 18.5 Å². The molecule has 1 N–H and O–H groups in total. The summed E-state index contributed by atoms with van der Waals surface area (Å²) in [5.41, 5.74) is 0.910. The monoisotopic (exact) mass is 260 g/mol. The van der Waals surface area contributed by atoms with E-state index in [0.717, 1.165) is 24.6 Å². The van der Waals surface area contributed by atoms with Crippen LogP contribution in [0.1, 0.15) is 36.7 Å². The number of aryl methyl sites for hydroxylation is 1. The molecule has 0 bridgehead atoms. The first-order chi connectivity index (χ1) is 9.24. The van der Waals surface area contributed by atoms with Crippen LogP contribution < -0.4 is 10.2 Å². The van der Waals surface area contributed by atoms with E-state index in [9.17, 15) is 4.79 Å². The fourth-order valence-corrected chi connectivity index (χ4v) is 2.92. The van der Waals surface area contributed by atoms with Crippen molar-refractivity contribution in [2.75, 3.05) is 11.4 Å². The summed E-state index contributed by atoms with van der Waals surface area (Å²) in [5, 5.41) is 3.17. The van der Waals surface area contributed by atoms with Gasteiger partial charge in [0.25, 0.3) is 5.91 Å². The molecule has 5 heteroatoms. The van der Waals surface area contributed by atoms with Crippen molar-refractivity contribution in [1.82, 2.24) is 14.9 Å². The standard InChI is InChI=1S/C14H20N4O/c1-3-4-5-8-17-11-6-7-15-12(11)13(19)18-10(2)9-16-14(17)18/h6-7,9,11-12,15H,3-5,8H2,1-2H3. The van der Waals surface area contributed by atoms with Crippen LogP contribution in [0.2, 0.25) is 0 Å². The lowest BCUT2D eigenvalue weighted by Crippen LogP contribution is -2.56. The van der Waals surface area contributed by atoms with Gasteiger partial charge in [-0.3, -0.25) is 9.36 Å².